The number of amides is 1. The van der Waals surface area contributed by atoms with Crippen LogP contribution in [0.3, 0.4) is 0 Å². The molecular weight excluding hydrogens is 595 g/mol. The van der Waals surface area contributed by atoms with Gasteiger partial charge in [0.25, 0.3) is 0 Å². The molecule has 43 heavy (non-hydrogen) atoms. The Bertz CT molecular complexity index is 1550. The van der Waals surface area contributed by atoms with Gasteiger partial charge in [0, 0.05) is 29.2 Å². The van der Waals surface area contributed by atoms with Crippen molar-refractivity contribution in [2.75, 3.05) is 20.2 Å². The Balaban J connectivity index is 1.74. The summed E-state index contributed by atoms with van der Waals surface area (Å²) in [5.74, 6) is -2.72. The molecule has 0 aliphatic carbocycles. The molecule has 0 spiro atoms. The molecule has 0 radical (unpaired) electrons. The van der Waals surface area contributed by atoms with Crippen molar-refractivity contribution in [2.45, 2.75) is 45.2 Å². The number of nitriles is 1. The summed E-state index contributed by atoms with van der Waals surface area (Å²) in [5, 5.41) is 13.8. The summed E-state index contributed by atoms with van der Waals surface area (Å²) in [5.41, 5.74) is -0.523. The van der Waals surface area contributed by atoms with E-state index in [-0.39, 0.29) is 52.1 Å². The molecule has 1 heterocycles. The maximum absolute atomic E-state index is 15.8. The van der Waals surface area contributed by atoms with Gasteiger partial charge in [-0.25, -0.2) is 13.6 Å². The van der Waals surface area contributed by atoms with Crippen LogP contribution in [-0.2, 0) is 21.5 Å². The molecule has 1 fully saturated rings. The highest BCUT2D eigenvalue weighted by Gasteiger charge is 2.58. The average Bonchev–Trinajstić information content (AvgIpc) is 3.24. The first-order valence-corrected chi connectivity index (χ1v) is 14.5. The monoisotopic (exact) mass is 627 g/mol. The van der Waals surface area contributed by atoms with Gasteiger partial charge in [-0.05, 0) is 53.6 Å². The summed E-state index contributed by atoms with van der Waals surface area (Å²) in [6.07, 6.45) is 0.492. The Morgan fingerprint density at radius 3 is 2.42 bits per heavy atom. The van der Waals surface area contributed by atoms with Gasteiger partial charge in [0.2, 0.25) is 5.91 Å². The highest BCUT2D eigenvalue weighted by Crippen LogP contribution is 2.56. The molecule has 0 aromatic heterocycles. The zero-order chi connectivity index (χ0) is 31.5. The SMILES string of the molecule is COC(=O)c1ccc(CNC(=O)CN2C[C@@H](CC(C)(C)C)C(C#N)(c3ccc(Cl)cc3F)[C@H]2c2cccc(Cl)c2F)cc1. The topological polar surface area (TPSA) is 82.4 Å². The van der Waals surface area contributed by atoms with Crippen LogP contribution in [0.1, 0.15) is 60.3 Å². The average molecular weight is 629 g/mol. The number of esters is 1. The molecule has 1 aliphatic heterocycles. The lowest BCUT2D eigenvalue weighted by atomic mass is 9.63. The first-order valence-electron chi connectivity index (χ1n) is 13.8. The van der Waals surface area contributed by atoms with Crippen LogP contribution in [0.5, 0.6) is 0 Å². The van der Waals surface area contributed by atoms with Crippen LogP contribution in [0.15, 0.2) is 60.7 Å². The van der Waals surface area contributed by atoms with E-state index in [1.807, 2.05) is 20.8 Å². The number of benzene rings is 3. The number of carbonyl (C=O) groups excluding carboxylic acids is 2. The first kappa shape index (κ1) is 32.4. The number of ether oxygens (including phenoxy) is 1. The third-order valence-electron chi connectivity index (χ3n) is 7.80. The van der Waals surface area contributed by atoms with Crippen LogP contribution >= 0.6 is 23.2 Å². The second-order valence-corrected chi connectivity index (χ2v) is 12.9. The molecule has 1 N–H and O–H groups in total. The van der Waals surface area contributed by atoms with Gasteiger partial charge in [-0.2, -0.15) is 5.26 Å². The second kappa shape index (κ2) is 13.0. The Morgan fingerprint density at radius 1 is 1.12 bits per heavy atom. The first-order chi connectivity index (χ1) is 20.3. The normalized spacial score (nSPS) is 20.4. The fraction of sp³-hybridized carbons (Fsp3) is 0.364. The van der Waals surface area contributed by atoms with E-state index in [1.54, 1.807) is 35.2 Å². The van der Waals surface area contributed by atoms with Crippen molar-refractivity contribution in [1.82, 2.24) is 10.2 Å². The predicted octanol–water partition coefficient (Wildman–Crippen LogP) is 7.25. The molecule has 1 unspecified atom stereocenters. The van der Waals surface area contributed by atoms with E-state index < -0.39 is 35.0 Å². The van der Waals surface area contributed by atoms with Crippen LogP contribution in [0, 0.1) is 34.3 Å². The third kappa shape index (κ3) is 6.85. The summed E-state index contributed by atoms with van der Waals surface area (Å²) < 4.78 is 36.2. The molecule has 4 rings (SSSR count). The molecule has 0 bridgehead atoms. The van der Waals surface area contributed by atoms with Gasteiger partial charge in [-0.15, -0.1) is 0 Å². The van der Waals surface area contributed by atoms with Crippen LogP contribution in [0.25, 0.3) is 0 Å². The zero-order valence-electron chi connectivity index (χ0n) is 24.4. The number of hydrogen-bond acceptors (Lipinski definition) is 5. The third-order valence-corrected chi connectivity index (χ3v) is 8.33. The van der Waals surface area contributed by atoms with Gasteiger partial charge < -0.3 is 10.1 Å². The van der Waals surface area contributed by atoms with Crippen molar-refractivity contribution in [3.8, 4) is 6.07 Å². The number of halogens is 4. The maximum atomic E-state index is 15.8. The van der Waals surface area contributed by atoms with Crippen molar-refractivity contribution < 1.29 is 23.1 Å². The van der Waals surface area contributed by atoms with Crippen molar-refractivity contribution in [1.29, 1.82) is 5.26 Å². The van der Waals surface area contributed by atoms with E-state index in [2.05, 4.69) is 11.4 Å². The van der Waals surface area contributed by atoms with Crippen LogP contribution in [-0.4, -0.2) is 37.0 Å². The van der Waals surface area contributed by atoms with E-state index in [4.69, 9.17) is 27.9 Å². The fourth-order valence-corrected chi connectivity index (χ4v) is 6.40. The van der Waals surface area contributed by atoms with E-state index >= 15 is 8.78 Å². The fourth-order valence-electron chi connectivity index (χ4n) is 6.06. The molecule has 3 atom stereocenters. The van der Waals surface area contributed by atoms with Crippen LogP contribution in [0.4, 0.5) is 8.78 Å². The van der Waals surface area contributed by atoms with Gasteiger partial charge >= 0.3 is 5.97 Å². The predicted molar refractivity (Wildman–Crippen MR) is 162 cm³/mol. The lowest BCUT2D eigenvalue weighted by Gasteiger charge is -2.38. The minimum Gasteiger partial charge on any atom is -0.465 e. The standard InChI is InChI=1S/C33H33Cl2F2N3O3/c1-32(2,3)15-22-17-40(18-28(41)39-16-20-8-10-21(11-9-20)31(42)43-4)30(24-6-5-7-26(35)29(24)37)33(22,19-38)25-13-12-23(34)14-27(25)36/h5-14,22,30H,15-18H2,1-4H3,(H,39,41)/t22-,30-,33?/m1/s1. The van der Waals surface area contributed by atoms with Gasteiger partial charge in [0.15, 0.2) is 0 Å². The van der Waals surface area contributed by atoms with Gasteiger partial charge in [0.05, 0.1) is 36.4 Å². The Morgan fingerprint density at radius 2 is 1.81 bits per heavy atom. The van der Waals surface area contributed by atoms with Crippen molar-refractivity contribution in [2.24, 2.45) is 11.3 Å². The number of nitrogens with zero attached hydrogens (tertiary/aromatic N) is 2. The van der Waals surface area contributed by atoms with E-state index in [0.717, 1.165) is 11.6 Å². The Labute approximate surface area is 260 Å². The number of hydrogen-bond donors (Lipinski definition) is 1. The molecule has 6 nitrogen and oxygen atoms in total. The molecule has 3 aromatic rings. The molecule has 226 valence electrons. The number of carbonyl (C=O) groups is 2. The summed E-state index contributed by atoms with van der Waals surface area (Å²) in [7, 11) is 1.30. The Hall–Kier alpha value is -3.51. The van der Waals surface area contributed by atoms with E-state index in [9.17, 15) is 14.9 Å². The molecule has 3 aromatic carbocycles. The highest BCUT2D eigenvalue weighted by atomic mass is 35.5. The van der Waals surface area contributed by atoms with E-state index in [1.165, 1.54) is 31.4 Å². The van der Waals surface area contributed by atoms with Crippen LogP contribution in [0.2, 0.25) is 10.0 Å². The summed E-state index contributed by atoms with van der Waals surface area (Å²) >= 11 is 12.3. The zero-order valence-corrected chi connectivity index (χ0v) is 25.9. The van der Waals surface area contributed by atoms with Crippen LogP contribution < -0.4 is 5.32 Å². The number of methoxy groups -OCH3 is 1. The maximum Gasteiger partial charge on any atom is 0.337 e. The number of likely N-dealkylation sites (tertiary alicyclic amines) is 1. The largest absolute Gasteiger partial charge is 0.465 e. The minimum atomic E-state index is -1.57. The highest BCUT2D eigenvalue weighted by molar-refractivity contribution is 6.31. The molecule has 10 heteroatoms. The summed E-state index contributed by atoms with van der Waals surface area (Å²) in [6, 6.07) is 16.6. The van der Waals surface area contributed by atoms with Crippen molar-refractivity contribution in [3.05, 3.63) is 105 Å². The quantitative estimate of drug-likeness (QED) is 0.266. The van der Waals surface area contributed by atoms with Crippen molar-refractivity contribution in [3.63, 3.8) is 0 Å². The van der Waals surface area contributed by atoms with E-state index in [0.29, 0.717) is 12.0 Å². The lowest BCUT2D eigenvalue weighted by molar-refractivity contribution is -0.122. The molecule has 1 aliphatic rings. The lowest BCUT2D eigenvalue weighted by Crippen LogP contribution is -2.42. The number of rotatable bonds is 8. The molecule has 1 saturated heterocycles. The van der Waals surface area contributed by atoms with Gasteiger partial charge in [0.1, 0.15) is 17.0 Å². The summed E-state index contributed by atoms with van der Waals surface area (Å²) in [6.45, 7) is 6.27. The number of nitrogens with one attached hydrogen (secondary N) is 1. The molecular formula is C33H33Cl2F2N3O3. The minimum absolute atomic E-state index is 0.0895. The van der Waals surface area contributed by atoms with Crippen molar-refractivity contribution >= 4 is 35.1 Å². The van der Waals surface area contributed by atoms with Gasteiger partial charge in [-0.1, -0.05) is 74.3 Å². The molecule has 1 amide bonds. The summed E-state index contributed by atoms with van der Waals surface area (Å²) in [4.78, 5) is 26.8. The van der Waals surface area contributed by atoms with Gasteiger partial charge in [-0.3, -0.25) is 9.69 Å². The smallest absolute Gasteiger partial charge is 0.337 e. The Kier molecular flexibility index (Phi) is 9.80. The second-order valence-electron chi connectivity index (χ2n) is 12.0. The molecule has 0 saturated carbocycles.